The highest BCUT2D eigenvalue weighted by Crippen LogP contribution is 2.28. The zero-order valence-corrected chi connectivity index (χ0v) is 8.53. The van der Waals surface area contributed by atoms with Gasteiger partial charge in [0.2, 0.25) is 0 Å². The van der Waals surface area contributed by atoms with Crippen molar-refractivity contribution < 1.29 is 15.3 Å². The van der Waals surface area contributed by atoms with Gasteiger partial charge in [0.25, 0.3) is 0 Å². The lowest BCUT2D eigenvalue weighted by atomic mass is 10.0. The Kier molecular flexibility index (Phi) is 4.70. The van der Waals surface area contributed by atoms with E-state index >= 15 is 0 Å². The van der Waals surface area contributed by atoms with E-state index in [9.17, 15) is 10.2 Å². The number of nitrogens with two attached hydrogens (primary N) is 1. The first-order chi connectivity index (χ1) is 6.02. The molecule has 0 spiro atoms. The predicted molar refractivity (Wildman–Crippen MR) is 55.6 cm³/mol. The summed E-state index contributed by atoms with van der Waals surface area (Å²) in [5.74, 6) is -0.00454. The van der Waals surface area contributed by atoms with Gasteiger partial charge in [0, 0.05) is 5.56 Å². The number of aromatic hydroxyl groups is 2. The average molecular weight is 220 g/mol. The Morgan fingerprint density at radius 3 is 2.36 bits per heavy atom. The zero-order chi connectivity index (χ0) is 10.0. The fourth-order valence-electron chi connectivity index (χ4n) is 1.07. The van der Waals surface area contributed by atoms with Gasteiger partial charge in [-0.1, -0.05) is 0 Å². The van der Waals surface area contributed by atoms with E-state index in [0.29, 0.717) is 5.56 Å². The summed E-state index contributed by atoms with van der Waals surface area (Å²) in [6, 6.07) is 3.35. The second-order valence-corrected chi connectivity index (χ2v) is 3.01. The molecular weight excluding hydrogens is 206 g/mol. The molecule has 80 valence electrons. The predicted octanol–water partition coefficient (Wildman–Crippen LogP) is 0.900. The first-order valence-corrected chi connectivity index (χ1v) is 3.98. The Morgan fingerprint density at radius 1 is 1.29 bits per heavy atom. The van der Waals surface area contributed by atoms with Crippen molar-refractivity contribution >= 4 is 12.4 Å². The van der Waals surface area contributed by atoms with Crippen molar-refractivity contribution in [3.8, 4) is 11.5 Å². The molecule has 0 heterocycles. The number of hydrogen-bond acceptors (Lipinski definition) is 4. The quantitative estimate of drug-likeness (QED) is 0.557. The number of hydrogen-bond donors (Lipinski definition) is 4. The number of phenolic OH excluding ortho intramolecular Hbond substituents is 2. The Balaban J connectivity index is 0.00000169. The maximum Gasteiger partial charge on any atom is 0.120 e. The van der Waals surface area contributed by atoms with Gasteiger partial charge in [-0.15, -0.1) is 12.4 Å². The number of halogens is 1. The van der Waals surface area contributed by atoms with Gasteiger partial charge in [-0.05, 0) is 25.1 Å². The summed E-state index contributed by atoms with van der Waals surface area (Å²) in [4.78, 5) is 0. The Morgan fingerprint density at radius 2 is 1.86 bits per heavy atom. The molecule has 0 saturated heterocycles. The molecular formula is C9H14ClNO3. The molecule has 1 aromatic rings. The highest BCUT2D eigenvalue weighted by atomic mass is 35.5. The van der Waals surface area contributed by atoms with E-state index in [1.807, 2.05) is 0 Å². The zero-order valence-electron chi connectivity index (χ0n) is 7.71. The van der Waals surface area contributed by atoms with Crippen LogP contribution in [0.5, 0.6) is 11.5 Å². The van der Waals surface area contributed by atoms with E-state index < -0.39 is 12.1 Å². The molecule has 0 radical (unpaired) electrons. The SMILES string of the molecule is C[C@H](O)[C@H](N)c1cc(O)ccc1O.Cl. The van der Waals surface area contributed by atoms with Gasteiger partial charge in [0.1, 0.15) is 11.5 Å². The number of phenols is 2. The molecule has 0 fully saturated rings. The molecule has 0 unspecified atom stereocenters. The van der Waals surface area contributed by atoms with Crippen molar-refractivity contribution in [1.29, 1.82) is 0 Å². The maximum atomic E-state index is 9.35. The lowest BCUT2D eigenvalue weighted by Crippen LogP contribution is -2.23. The van der Waals surface area contributed by atoms with Crippen LogP contribution in [0.3, 0.4) is 0 Å². The lowest BCUT2D eigenvalue weighted by molar-refractivity contribution is 0.162. The number of aliphatic hydroxyl groups is 1. The topological polar surface area (TPSA) is 86.7 Å². The molecule has 2 atom stereocenters. The van der Waals surface area contributed by atoms with E-state index in [2.05, 4.69) is 0 Å². The minimum atomic E-state index is -0.771. The second kappa shape index (κ2) is 5.05. The molecule has 0 aliphatic rings. The van der Waals surface area contributed by atoms with Crippen LogP contribution in [0.15, 0.2) is 18.2 Å². The first-order valence-electron chi connectivity index (χ1n) is 3.98. The summed E-state index contributed by atoms with van der Waals surface area (Å²) in [5, 5.41) is 27.6. The van der Waals surface area contributed by atoms with Crippen molar-refractivity contribution in [1.82, 2.24) is 0 Å². The van der Waals surface area contributed by atoms with Crippen LogP contribution in [0, 0.1) is 0 Å². The van der Waals surface area contributed by atoms with Crippen LogP contribution in [-0.2, 0) is 0 Å². The standard InChI is InChI=1S/C9H13NO3.ClH/c1-5(11)9(10)7-4-6(12)2-3-8(7)13;/h2-5,9,11-13H,10H2,1H3;1H/t5-,9-;/m0./s1. The van der Waals surface area contributed by atoms with E-state index in [-0.39, 0.29) is 23.9 Å². The van der Waals surface area contributed by atoms with E-state index in [1.54, 1.807) is 0 Å². The lowest BCUT2D eigenvalue weighted by Gasteiger charge is -2.16. The minimum Gasteiger partial charge on any atom is -0.508 e. The van der Waals surface area contributed by atoms with Crippen LogP contribution in [0.2, 0.25) is 0 Å². The van der Waals surface area contributed by atoms with Gasteiger partial charge in [0.15, 0.2) is 0 Å². The van der Waals surface area contributed by atoms with E-state index in [4.69, 9.17) is 10.8 Å². The monoisotopic (exact) mass is 219 g/mol. The smallest absolute Gasteiger partial charge is 0.120 e. The third-order valence-corrected chi connectivity index (χ3v) is 1.89. The Labute approximate surface area is 88.4 Å². The minimum absolute atomic E-state index is 0. The normalized spacial score (nSPS) is 14.2. The van der Waals surface area contributed by atoms with Gasteiger partial charge < -0.3 is 21.1 Å². The van der Waals surface area contributed by atoms with Crippen LogP contribution < -0.4 is 5.73 Å². The van der Waals surface area contributed by atoms with Crippen LogP contribution in [-0.4, -0.2) is 21.4 Å². The number of benzene rings is 1. The molecule has 1 rings (SSSR count). The highest BCUT2D eigenvalue weighted by Gasteiger charge is 2.16. The maximum absolute atomic E-state index is 9.35. The van der Waals surface area contributed by atoms with Crippen molar-refractivity contribution in [2.45, 2.75) is 19.1 Å². The molecule has 5 heteroatoms. The third kappa shape index (κ3) is 2.77. The molecule has 0 aliphatic carbocycles. The van der Waals surface area contributed by atoms with Crippen molar-refractivity contribution in [3.05, 3.63) is 23.8 Å². The van der Waals surface area contributed by atoms with Gasteiger partial charge in [-0.2, -0.15) is 0 Å². The summed E-state index contributed by atoms with van der Waals surface area (Å²) in [7, 11) is 0. The molecule has 0 aromatic heterocycles. The molecule has 0 amide bonds. The fraction of sp³-hybridized carbons (Fsp3) is 0.333. The Bertz CT molecular complexity index is 304. The summed E-state index contributed by atoms with van der Waals surface area (Å²) < 4.78 is 0. The van der Waals surface area contributed by atoms with Gasteiger partial charge in [0.05, 0.1) is 12.1 Å². The molecule has 4 nitrogen and oxygen atoms in total. The van der Waals surface area contributed by atoms with Crippen LogP contribution >= 0.6 is 12.4 Å². The molecule has 0 saturated carbocycles. The number of aliphatic hydroxyl groups excluding tert-OH is 1. The van der Waals surface area contributed by atoms with Crippen LogP contribution in [0.4, 0.5) is 0 Å². The molecule has 5 N–H and O–H groups in total. The summed E-state index contributed by atoms with van der Waals surface area (Å²) in [5.41, 5.74) is 5.93. The summed E-state index contributed by atoms with van der Waals surface area (Å²) in [6.07, 6.45) is -0.771. The molecule has 14 heavy (non-hydrogen) atoms. The summed E-state index contributed by atoms with van der Waals surface area (Å²) in [6.45, 7) is 1.52. The van der Waals surface area contributed by atoms with Crippen molar-refractivity contribution in [2.24, 2.45) is 5.73 Å². The van der Waals surface area contributed by atoms with Gasteiger partial charge >= 0.3 is 0 Å². The van der Waals surface area contributed by atoms with Crippen molar-refractivity contribution in [3.63, 3.8) is 0 Å². The average Bonchev–Trinajstić information content (AvgIpc) is 2.08. The molecule has 0 aliphatic heterocycles. The molecule has 1 aromatic carbocycles. The third-order valence-electron chi connectivity index (χ3n) is 1.89. The number of rotatable bonds is 2. The summed E-state index contributed by atoms with van der Waals surface area (Å²) >= 11 is 0. The highest BCUT2D eigenvalue weighted by molar-refractivity contribution is 5.85. The Hall–Kier alpha value is -0.970. The van der Waals surface area contributed by atoms with E-state index in [0.717, 1.165) is 0 Å². The second-order valence-electron chi connectivity index (χ2n) is 3.01. The largest absolute Gasteiger partial charge is 0.508 e. The molecule has 0 bridgehead atoms. The van der Waals surface area contributed by atoms with E-state index in [1.165, 1.54) is 25.1 Å². The first kappa shape index (κ1) is 13.0. The van der Waals surface area contributed by atoms with Crippen LogP contribution in [0.25, 0.3) is 0 Å². The van der Waals surface area contributed by atoms with Gasteiger partial charge in [-0.3, -0.25) is 0 Å². The van der Waals surface area contributed by atoms with Crippen LogP contribution in [0.1, 0.15) is 18.5 Å². The van der Waals surface area contributed by atoms with Gasteiger partial charge in [-0.25, -0.2) is 0 Å². The fourth-order valence-corrected chi connectivity index (χ4v) is 1.07. The van der Waals surface area contributed by atoms with Crippen molar-refractivity contribution in [2.75, 3.05) is 0 Å².